The normalized spacial score (nSPS) is 36.5. The minimum Gasteiger partial charge on any atom is -0.392 e. The number of aliphatic hydroxyl groups is 1. The van der Waals surface area contributed by atoms with E-state index < -0.39 is 0 Å². The molecule has 2 saturated carbocycles. The van der Waals surface area contributed by atoms with Gasteiger partial charge in [0.1, 0.15) is 0 Å². The summed E-state index contributed by atoms with van der Waals surface area (Å²) in [5.74, 6) is 0.388. The molecule has 0 radical (unpaired) electrons. The number of nitrogens with two attached hydrogens (primary N) is 1. The highest BCUT2D eigenvalue weighted by Gasteiger charge is 2.47. The number of halogens is 1. The van der Waals surface area contributed by atoms with Gasteiger partial charge in [-0.3, -0.25) is 0 Å². The van der Waals surface area contributed by atoms with Crippen molar-refractivity contribution in [3.05, 3.63) is 0 Å². The summed E-state index contributed by atoms with van der Waals surface area (Å²) < 4.78 is 0. The Morgan fingerprint density at radius 1 is 1.23 bits per heavy atom. The Morgan fingerprint density at radius 3 is 2.31 bits per heavy atom. The average molecular weight is 206 g/mol. The number of aliphatic hydroxyl groups excluding tert-OH is 1. The van der Waals surface area contributed by atoms with E-state index in [0.29, 0.717) is 17.9 Å². The second-order valence-electron chi connectivity index (χ2n) is 4.55. The number of rotatable bonds is 1. The Hall–Kier alpha value is 0.210. The molecule has 0 aliphatic heterocycles. The van der Waals surface area contributed by atoms with Gasteiger partial charge in [0.2, 0.25) is 0 Å². The molecule has 2 rings (SSSR count). The van der Waals surface area contributed by atoms with E-state index in [1.165, 1.54) is 32.1 Å². The third-order valence-corrected chi connectivity index (χ3v) is 3.98. The van der Waals surface area contributed by atoms with Crippen LogP contribution in [-0.4, -0.2) is 17.8 Å². The van der Waals surface area contributed by atoms with Gasteiger partial charge in [0.15, 0.2) is 0 Å². The second-order valence-corrected chi connectivity index (χ2v) is 4.55. The van der Waals surface area contributed by atoms with Crippen LogP contribution >= 0.6 is 12.4 Å². The molecule has 2 fully saturated rings. The van der Waals surface area contributed by atoms with Gasteiger partial charge in [-0.1, -0.05) is 12.8 Å². The van der Waals surface area contributed by atoms with E-state index in [1.807, 2.05) is 0 Å². The highest BCUT2D eigenvalue weighted by Crippen LogP contribution is 2.52. The fraction of sp³-hybridized carbons (Fsp3) is 1.00. The maximum Gasteiger partial charge on any atom is 0.0636 e. The third-order valence-electron chi connectivity index (χ3n) is 3.98. The second kappa shape index (κ2) is 4.16. The Balaban J connectivity index is 0.000000845. The maximum absolute atomic E-state index is 10.1. The molecule has 2 aliphatic rings. The van der Waals surface area contributed by atoms with Crippen molar-refractivity contribution in [1.29, 1.82) is 0 Å². The molecular weight excluding hydrogens is 186 g/mol. The van der Waals surface area contributed by atoms with Gasteiger partial charge in [0.05, 0.1) is 6.10 Å². The molecule has 0 saturated heterocycles. The minimum absolute atomic E-state index is 0. The molecule has 3 heteroatoms. The summed E-state index contributed by atoms with van der Waals surface area (Å²) in [5, 5.41) is 10.1. The zero-order valence-corrected chi connectivity index (χ0v) is 8.85. The maximum atomic E-state index is 10.1. The van der Waals surface area contributed by atoms with Crippen molar-refractivity contribution in [1.82, 2.24) is 0 Å². The summed E-state index contributed by atoms with van der Waals surface area (Å²) in [4.78, 5) is 0. The SMILES string of the molecule is Cl.NCC1CCCC2(CCC2)C1O. The van der Waals surface area contributed by atoms with Gasteiger partial charge in [-0.05, 0) is 43.6 Å². The van der Waals surface area contributed by atoms with E-state index in [4.69, 9.17) is 5.73 Å². The molecule has 0 aromatic carbocycles. The molecule has 2 aliphatic carbocycles. The molecule has 1 spiro atoms. The van der Waals surface area contributed by atoms with Gasteiger partial charge < -0.3 is 10.8 Å². The molecule has 2 unspecified atom stereocenters. The van der Waals surface area contributed by atoms with E-state index in [1.54, 1.807) is 0 Å². The lowest BCUT2D eigenvalue weighted by molar-refractivity contribution is -0.0956. The summed E-state index contributed by atoms with van der Waals surface area (Å²) in [5.41, 5.74) is 5.94. The molecule has 78 valence electrons. The van der Waals surface area contributed by atoms with Gasteiger partial charge in [0, 0.05) is 0 Å². The molecule has 13 heavy (non-hydrogen) atoms. The molecule has 0 amide bonds. The van der Waals surface area contributed by atoms with Crippen LogP contribution in [0.15, 0.2) is 0 Å². The third kappa shape index (κ3) is 1.72. The summed E-state index contributed by atoms with van der Waals surface area (Å²) in [6.07, 6.45) is 7.36. The molecule has 3 N–H and O–H groups in total. The lowest BCUT2D eigenvalue weighted by atomic mass is 9.56. The van der Waals surface area contributed by atoms with Gasteiger partial charge in [-0.25, -0.2) is 0 Å². The predicted molar refractivity (Wildman–Crippen MR) is 55.9 cm³/mol. The monoisotopic (exact) mass is 205 g/mol. The van der Waals surface area contributed by atoms with E-state index in [2.05, 4.69) is 0 Å². The Labute approximate surface area is 86.3 Å². The van der Waals surface area contributed by atoms with E-state index >= 15 is 0 Å². The first-order chi connectivity index (χ1) is 5.78. The lowest BCUT2D eigenvalue weighted by Gasteiger charge is -2.51. The van der Waals surface area contributed by atoms with Crippen LogP contribution in [0, 0.1) is 11.3 Å². The van der Waals surface area contributed by atoms with Crippen LogP contribution in [-0.2, 0) is 0 Å². The van der Waals surface area contributed by atoms with Gasteiger partial charge >= 0.3 is 0 Å². The van der Waals surface area contributed by atoms with Crippen LogP contribution in [0.2, 0.25) is 0 Å². The van der Waals surface area contributed by atoms with Crippen LogP contribution in [0.5, 0.6) is 0 Å². The molecule has 0 heterocycles. The predicted octanol–water partition coefficient (Wildman–Crippen LogP) is 1.70. The van der Waals surface area contributed by atoms with E-state index in [-0.39, 0.29) is 18.5 Å². The van der Waals surface area contributed by atoms with Crippen LogP contribution in [0.1, 0.15) is 38.5 Å². The minimum atomic E-state index is -0.0926. The Kier molecular flexibility index (Phi) is 3.61. The standard InChI is InChI=1S/C10H19NO.ClH/c11-7-8-3-1-4-10(9(8)12)5-2-6-10;/h8-9,12H,1-7,11H2;1H. The zero-order valence-electron chi connectivity index (χ0n) is 8.04. The van der Waals surface area contributed by atoms with Gasteiger partial charge in [-0.15, -0.1) is 12.4 Å². The van der Waals surface area contributed by atoms with Crippen LogP contribution < -0.4 is 5.73 Å². The van der Waals surface area contributed by atoms with Crippen molar-refractivity contribution in [3.8, 4) is 0 Å². The highest BCUT2D eigenvalue weighted by molar-refractivity contribution is 5.85. The van der Waals surface area contributed by atoms with Crippen molar-refractivity contribution >= 4 is 12.4 Å². The Bertz CT molecular complexity index is 170. The first-order valence-corrected chi connectivity index (χ1v) is 5.17. The molecule has 2 nitrogen and oxygen atoms in total. The highest BCUT2D eigenvalue weighted by atomic mass is 35.5. The summed E-state index contributed by atoms with van der Waals surface area (Å²) in [7, 11) is 0. The molecule has 2 atom stereocenters. The van der Waals surface area contributed by atoms with Crippen LogP contribution in [0.3, 0.4) is 0 Å². The summed E-state index contributed by atoms with van der Waals surface area (Å²) >= 11 is 0. The van der Waals surface area contributed by atoms with Gasteiger partial charge in [-0.2, -0.15) is 0 Å². The molecule has 0 bridgehead atoms. The first-order valence-electron chi connectivity index (χ1n) is 5.17. The fourth-order valence-corrected chi connectivity index (χ4v) is 2.95. The van der Waals surface area contributed by atoms with E-state index in [9.17, 15) is 5.11 Å². The molecule has 0 aromatic heterocycles. The van der Waals surface area contributed by atoms with Crippen molar-refractivity contribution < 1.29 is 5.11 Å². The fourth-order valence-electron chi connectivity index (χ4n) is 2.95. The lowest BCUT2D eigenvalue weighted by Crippen LogP contribution is -2.50. The number of hydrogen-bond donors (Lipinski definition) is 2. The van der Waals surface area contributed by atoms with Crippen molar-refractivity contribution in [2.75, 3.05) is 6.54 Å². The topological polar surface area (TPSA) is 46.2 Å². The smallest absolute Gasteiger partial charge is 0.0636 e. The van der Waals surface area contributed by atoms with Crippen LogP contribution in [0.4, 0.5) is 0 Å². The molecular formula is C10H20ClNO. The number of hydrogen-bond acceptors (Lipinski definition) is 2. The van der Waals surface area contributed by atoms with Crippen molar-refractivity contribution in [2.24, 2.45) is 17.1 Å². The quantitative estimate of drug-likeness (QED) is 0.685. The summed E-state index contributed by atoms with van der Waals surface area (Å²) in [6.45, 7) is 0.670. The first kappa shape index (κ1) is 11.3. The largest absolute Gasteiger partial charge is 0.392 e. The average Bonchev–Trinajstić information content (AvgIpc) is 2.02. The van der Waals surface area contributed by atoms with Crippen molar-refractivity contribution in [2.45, 2.75) is 44.6 Å². The van der Waals surface area contributed by atoms with Crippen LogP contribution in [0.25, 0.3) is 0 Å². The van der Waals surface area contributed by atoms with Crippen molar-refractivity contribution in [3.63, 3.8) is 0 Å². The Morgan fingerprint density at radius 2 is 1.85 bits per heavy atom. The zero-order chi connectivity index (χ0) is 8.60. The van der Waals surface area contributed by atoms with E-state index in [0.717, 1.165) is 6.42 Å². The van der Waals surface area contributed by atoms with Gasteiger partial charge in [0.25, 0.3) is 0 Å². The molecule has 0 aromatic rings. The summed E-state index contributed by atoms with van der Waals surface area (Å²) in [6, 6.07) is 0.